The van der Waals surface area contributed by atoms with Crippen LogP contribution in [0.25, 0.3) is 0 Å². The highest BCUT2D eigenvalue weighted by Crippen LogP contribution is 2.39. The number of methoxy groups -OCH3 is 3. The van der Waals surface area contributed by atoms with Crippen molar-refractivity contribution >= 4 is 17.4 Å². The third-order valence-corrected chi connectivity index (χ3v) is 5.35. The van der Waals surface area contributed by atoms with Crippen LogP contribution < -0.4 is 29.7 Å². The summed E-state index contributed by atoms with van der Waals surface area (Å²) in [5.74, 6) is 1.47. The molecule has 3 rings (SSSR count). The molecule has 2 aromatic carbocycles. The molecule has 1 fully saturated rings. The SMILES string of the molecule is COc1cc(NC(=O)NCCCN2CCN(c3ccccc3)CC2)cc(OC)c1OC. The predicted octanol–water partition coefficient (Wildman–Crippen LogP) is 3.05. The maximum absolute atomic E-state index is 12.3. The van der Waals surface area contributed by atoms with E-state index in [1.165, 1.54) is 5.69 Å². The summed E-state index contributed by atoms with van der Waals surface area (Å²) >= 11 is 0. The van der Waals surface area contributed by atoms with Crippen molar-refractivity contribution in [3.05, 3.63) is 42.5 Å². The van der Waals surface area contributed by atoms with Gasteiger partial charge in [0.2, 0.25) is 5.75 Å². The Morgan fingerprint density at radius 1 is 0.935 bits per heavy atom. The lowest BCUT2D eigenvalue weighted by Gasteiger charge is -2.36. The van der Waals surface area contributed by atoms with Crippen molar-refractivity contribution in [1.82, 2.24) is 10.2 Å². The van der Waals surface area contributed by atoms with Crippen LogP contribution in [-0.4, -0.2) is 71.5 Å². The molecule has 1 aliphatic rings. The number of para-hydroxylation sites is 1. The molecule has 1 saturated heterocycles. The highest BCUT2D eigenvalue weighted by atomic mass is 16.5. The number of nitrogens with zero attached hydrogens (tertiary/aromatic N) is 2. The molecular formula is C23H32N4O4. The van der Waals surface area contributed by atoms with Crippen molar-refractivity contribution in [3.63, 3.8) is 0 Å². The van der Waals surface area contributed by atoms with Crippen molar-refractivity contribution in [3.8, 4) is 17.2 Å². The zero-order chi connectivity index (χ0) is 22.1. The summed E-state index contributed by atoms with van der Waals surface area (Å²) in [6, 6.07) is 13.7. The van der Waals surface area contributed by atoms with E-state index in [2.05, 4.69) is 44.7 Å². The molecule has 1 heterocycles. The van der Waals surface area contributed by atoms with Gasteiger partial charge in [-0.05, 0) is 25.1 Å². The Labute approximate surface area is 184 Å². The van der Waals surface area contributed by atoms with Gasteiger partial charge in [0, 0.05) is 50.5 Å². The fraction of sp³-hybridized carbons (Fsp3) is 0.435. The molecular weight excluding hydrogens is 396 g/mol. The number of hydrogen-bond acceptors (Lipinski definition) is 6. The Morgan fingerprint density at radius 3 is 2.16 bits per heavy atom. The molecule has 1 aliphatic heterocycles. The summed E-state index contributed by atoms with van der Waals surface area (Å²) in [5, 5.41) is 5.73. The van der Waals surface area contributed by atoms with Crippen molar-refractivity contribution in [2.75, 3.05) is 70.8 Å². The van der Waals surface area contributed by atoms with E-state index in [1.807, 2.05) is 6.07 Å². The van der Waals surface area contributed by atoms with Crippen LogP contribution in [0.2, 0.25) is 0 Å². The van der Waals surface area contributed by atoms with Crippen LogP contribution in [-0.2, 0) is 0 Å². The average molecular weight is 429 g/mol. The van der Waals surface area contributed by atoms with Crippen molar-refractivity contribution in [1.29, 1.82) is 0 Å². The third kappa shape index (κ3) is 6.18. The summed E-state index contributed by atoms with van der Waals surface area (Å²) in [4.78, 5) is 17.1. The molecule has 0 atom stereocenters. The Balaban J connectivity index is 1.38. The second kappa shape index (κ2) is 11.3. The van der Waals surface area contributed by atoms with Gasteiger partial charge in [-0.2, -0.15) is 0 Å². The van der Waals surface area contributed by atoms with E-state index in [0.717, 1.165) is 39.1 Å². The molecule has 0 radical (unpaired) electrons. The Hall–Kier alpha value is -3.13. The first-order valence-electron chi connectivity index (χ1n) is 10.5. The number of hydrogen-bond donors (Lipinski definition) is 2. The number of carbonyl (C=O) groups excluding carboxylic acids is 1. The maximum Gasteiger partial charge on any atom is 0.319 e. The van der Waals surface area contributed by atoms with Crippen LogP contribution >= 0.6 is 0 Å². The first-order valence-corrected chi connectivity index (χ1v) is 10.5. The molecule has 0 spiro atoms. The van der Waals surface area contributed by atoms with E-state index in [0.29, 0.717) is 29.5 Å². The van der Waals surface area contributed by atoms with Crippen molar-refractivity contribution in [2.24, 2.45) is 0 Å². The minimum Gasteiger partial charge on any atom is -0.493 e. The first kappa shape index (κ1) is 22.6. The van der Waals surface area contributed by atoms with Gasteiger partial charge in [0.05, 0.1) is 27.0 Å². The lowest BCUT2D eigenvalue weighted by atomic mass is 10.2. The van der Waals surface area contributed by atoms with Crippen LogP contribution in [0.3, 0.4) is 0 Å². The van der Waals surface area contributed by atoms with Crippen LogP contribution in [0.4, 0.5) is 16.2 Å². The molecule has 0 saturated carbocycles. The molecule has 8 heteroatoms. The van der Waals surface area contributed by atoms with E-state index in [9.17, 15) is 4.79 Å². The molecule has 0 unspecified atom stereocenters. The van der Waals surface area contributed by atoms with Gasteiger partial charge in [-0.15, -0.1) is 0 Å². The predicted molar refractivity (Wildman–Crippen MR) is 123 cm³/mol. The smallest absolute Gasteiger partial charge is 0.319 e. The van der Waals surface area contributed by atoms with E-state index >= 15 is 0 Å². The van der Waals surface area contributed by atoms with Gasteiger partial charge in [0.25, 0.3) is 0 Å². The van der Waals surface area contributed by atoms with Gasteiger partial charge in [0.15, 0.2) is 11.5 Å². The van der Waals surface area contributed by atoms with Gasteiger partial charge in [-0.3, -0.25) is 4.90 Å². The quantitative estimate of drug-likeness (QED) is 0.598. The highest BCUT2D eigenvalue weighted by molar-refractivity contribution is 5.90. The number of benzene rings is 2. The zero-order valence-corrected chi connectivity index (χ0v) is 18.5. The summed E-state index contributed by atoms with van der Waals surface area (Å²) in [5.41, 5.74) is 1.86. The molecule has 2 aromatic rings. The van der Waals surface area contributed by atoms with Crippen molar-refractivity contribution < 1.29 is 19.0 Å². The van der Waals surface area contributed by atoms with Crippen LogP contribution in [0.15, 0.2) is 42.5 Å². The Kier molecular flexibility index (Phi) is 8.23. The largest absolute Gasteiger partial charge is 0.493 e. The maximum atomic E-state index is 12.3. The second-order valence-electron chi connectivity index (χ2n) is 7.31. The van der Waals surface area contributed by atoms with Gasteiger partial charge in [-0.1, -0.05) is 18.2 Å². The van der Waals surface area contributed by atoms with Gasteiger partial charge < -0.3 is 29.7 Å². The fourth-order valence-electron chi connectivity index (χ4n) is 3.70. The standard InChI is InChI=1S/C23H32N4O4/c1-29-20-16-18(17-21(30-2)22(20)31-3)25-23(28)24-10-7-11-26-12-14-27(15-13-26)19-8-5-4-6-9-19/h4-6,8-9,16-17H,7,10-15H2,1-3H3,(H2,24,25,28). The number of nitrogens with one attached hydrogen (secondary N) is 2. The number of piperazine rings is 1. The van der Waals surface area contributed by atoms with Gasteiger partial charge in [0.1, 0.15) is 0 Å². The van der Waals surface area contributed by atoms with E-state index < -0.39 is 0 Å². The average Bonchev–Trinajstić information content (AvgIpc) is 2.82. The molecule has 31 heavy (non-hydrogen) atoms. The summed E-state index contributed by atoms with van der Waals surface area (Å²) < 4.78 is 15.9. The molecule has 168 valence electrons. The lowest BCUT2D eigenvalue weighted by Crippen LogP contribution is -2.47. The molecule has 2 amide bonds. The second-order valence-corrected chi connectivity index (χ2v) is 7.31. The number of anilines is 2. The molecule has 0 aliphatic carbocycles. The minimum atomic E-state index is -0.261. The number of rotatable bonds is 9. The van der Waals surface area contributed by atoms with E-state index in [1.54, 1.807) is 33.5 Å². The first-order chi connectivity index (χ1) is 15.1. The lowest BCUT2D eigenvalue weighted by molar-refractivity contribution is 0.244. The normalized spacial score (nSPS) is 14.1. The van der Waals surface area contributed by atoms with Crippen LogP contribution in [0.5, 0.6) is 17.2 Å². The van der Waals surface area contributed by atoms with Crippen LogP contribution in [0.1, 0.15) is 6.42 Å². The van der Waals surface area contributed by atoms with E-state index in [4.69, 9.17) is 14.2 Å². The summed E-state index contributed by atoms with van der Waals surface area (Å²) in [6.45, 7) is 5.69. The molecule has 8 nitrogen and oxygen atoms in total. The van der Waals surface area contributed by atoms with Gasteiger partial charge >= 0.3 is 6.03 Å². The Morgan fingerprint density at radius 2 is 1.58 bits per heavy atom. The Bertz CT molecular complexity index is 814. The number of amides is 2. The number of ether oxygens (including phenoxy) is 3. The zero-order valence-electron chi connectivity index (χ0n) is 18.5. The number of urea groups is 1. The third-order valence-electron chi connectivity index (χ3n) is 5.35. The highest BCUT2D eigenvalue weighted by Gasteiger charge is 2.17. The van der Waals surface area contributed by atoms with Crippen LogP contribution in [0, 0.1) is 0 Å². The van der Waals surface area contributed by atoms with Crippen molar-refractivity contribution in [2.45, 2.75) is 6.42 Å². The topological polar surface area (TPSA) is 75.3 Å². The fourth-order valence-corrected chi connectivity index (χ4v) is 3.70. The monoisotopic (exact) mass is 428 g/mol. The van der Waals surface area contributed by atoms with E-state index in [-0.39, 0.29) is 6.03 Å². The molecule has 0 bridgehead atoms. The summed E-state index contributed by atoms with van der Waals surface area (Å²) in [6.07, 6.45) is 0.897. The minimum absolute atomic E-state index is 0.261. The van der Waals surface area contributed by atoms with Gasteiger partial charge in [-0.25, -0.2) is 4.79 Å². The molecule has 2 N–H and O–H groups in total. The molecule has 0 aromatic heterocycles. The number of carbonyl (C=O) groups is 1. The summed E-state index contributed by atoms with van der Waals surface area (Å²) in [7, 11) is 4.63.